The van der Waals surface area contributed by atoms with Crippen molar-refractivity contribution in [3.05, 3.63) is 29.8 Å². The highest BCUT2D eigenvalue weighted by Gasteiger charge is 2.50. The Hall–Kier alpha value is -1.02. The molecule has 16 heavy (non-hydrogen) atoms. The molecule has 2 rings (SSSR count). The number of methoxy groups -OCH3 is 1. The molecule has 1 saturated carbocycles. The summed E-state index contributed by atoms with van der Waals surface area (Å²) in [7, 11) is 1.67. The van der Waals surface area contributed by atoms with Crippen LogP contribution in [0.5, 0.6) is 5.75 Å². The molecule has 88 valence electrons. The van der Waals surface area contributed by atoms with Crippen molar-refractivity contribution in [2.45, 2.75) is 38.2 Å². The summed E-state index contributed by atoms with van der Waals surface area (Å²) >= 11 is 0. The lowest BCUT2D eigenvalue weighted by molar-refractivity contribution is 0.120. The largest absolute Gasteiger partial charge is 0.497 e. The minimum Gasteiger partial charge on any atom is -0.497 e. The minimum absolute atomic E-state index is 0.366. The molecule has 1 aromatic rings. The zero-order valence-corrected chi connectivity index (χ0v) is 10.1. The van der Waals surface area contributed by atoms with Crippen molar-refractivity contribution in [3.8, 4) is 5.75 Å². The first-order valence-electron chi connectivity index (χ1n) is 6.03. The highest BCUT2D eigenvalue weighted by atomic mass is 16.5. The fourth-order valence-corrected chi connectivity index (χ4v) is 2.35. The summed E-state index contributed by atoms with van der Waals surface area (Å²) in [4.78, 5) is 0. The summed E-state index contributed by atoms with van der Waals surface area (Å²) in [6.07, 6.45) is 3.92. The van der Waals surface area contributed by atoms with Gasteiger partial charge in [0.25, 0.3) is 0 Å². The number of hydrogen-bond donors (Lipinski definition) is 1. The van der Waals surface area contributed by atoms with Crippen molar-refractivity contribution in [3.63, 3.8) is 0 Å². The summed E-state index contributed by atoms with van der Waals surface area (Å²) in [5.41, 5.74) is 0.908. The van der Waals surface area contributed by atoms with Gasteiger partial charge in [-0.1, -0.05) is 25.5 Å². The van der Waals surface area contributed by atoms with Gasteiger partial charge in [-0.05, 0) is 42.9 Å². The normalized spacial score (nSPS) is 27.8. The summed E-state index contributed by atoms with van der Waals surface area (Å²) in [5, 5.41) is 10.1. The van der Waals surface area contributed by atoms with Gasteiger partial charge in [0.05, 0.1) is 12.7 Å². The third kappa shape index (κ3) is 2.38. The first kappa shape index (κ1) is 11.5. The number of aryl methyl sites for hydroxylation is 1. The van der Waals surface area contributed by atoms with Gasteiger partial charge in [0.1, 0.15) is 5.75 Å². The second-order valence-electron chi connectivity index (χ2n) is 4.76. The van der Waals surface area contributed by atoms with E-state index in [9.17, 15) is 5.11 Å². The summed E-state index contributed by atoms with van der Waals surface area (Å²) in [5.74, 6) is 1.42. The molecule has 2 nitrogen and oxygen atoms in total. The second kappa shape index (κ2) is 4.46. The summed E-state index contributed by atoms with van der Waals surface area (Å²) in [6.45, 7) is 2.15. The highest BCUT2D eigenvalue weighted by Crippen LogP contribution is 2.48. The fraction of sp³-hybridized carbons (Fsp3) is 0.571. The van der Waals surface area contributed by atoms with Crippen LogP contribution in [0.2, 0.25) is 0 Å². The molecule has 0 amide bonds. The van der Waals surface area contributed by atoms with E-state index in [1.165, 1.54) is 5.56 Å². The molecule has 1 aliphatic rings. The van der Waals surface area contributed by atoms with Crippen LogP contribution in [-0.2, 0) is 6.42 Å². The molecule has 0 aliphatic heterocycles. The molecule has 0 heterocycles. The van der Waals surface area contributed by atoms with Crippen LogP contribution in [0, 0.1) is 5.92 Å². The lowest BCUT2D eigenvalue weighted by Gasteiger charge is -2.10. The topological polar surface area (TPSA) is 29.5 Å². The van der Waals surface area contributed by atoms with E-state index in [-0.39, 0.29) is 5.60 Å². The van der Waals surface area contributed by atoms with E-state index < -0.39 is 0 Å². The smallest absolute Gasteiger partial charge is 0.118 e. The molecule has 0 saturated heterocycles. The lowest BCUT2D eigenvalue weighted by atomic mass is 10.0. The minimum atomic E-state index is -0.366. The quantitative estimate of drug-likeness (QED) is 0.826. The average Bonchev–Trinajstić information content (AvgIpc) is 2.99. The third-order valence-electron chi connectivity index (χ3n) is 3.70. The van der Waals surface area contributed by atoms with Crippen LogP contribution in [-0.4, -0.2) is 17.8 Å². The van der Waals surface area contributed by atoms with Crippen molar-refractivity contribution in [2.24, 2.45) is 5.92 Å². The Bertz CT molecular complexity index is 344. The van der Waals surface area contributed by atoms with E-state index in [0.29, 0.717) is 5.92 Å². The number of benzene rings is 1. The van der Waals surface area contributed by atoms with Crippen LogP contribution in [0.25, 0.3) is 0 Å². The van der Waals surface area contributed by atoms with E-state index in [2.05, 4.69) is 19.1 Å². The van der Waals surface area contributed by atoms with Crippen molar-refractivity contribution in [1.29, 1.82) is 0 Å². The van der Waals surface area contributed by atoms with E-state index in [1.807, 2.05) is 12.1 Å². The molecule has 2 unspecified atom stereocenters. The molecule has 1 aliphatic carbocycles. The van der Waals surface area contributed by atoms with Gasteiger partial charge in [-0.15, -0.1) is 0 Å². The van der Waals surface area contributed by atoms with Crippen molar-refractivity contribution >= 4 is 0 Å². The third-order valence-corrected chi connectivity index (χ3v) is 3.70. The molecular formula is C14H20O2. The Kier molecular flexibility index (Phi) is 3.20. The van der Waals surface area contributed by atoms with Gasteiger partial charge < -0.3 is 9.84 Å². The molecule has 2 heteroatoms. The Balaban J connectivity index is 1.86. The first-order valence-corrected chi connectivity index (χ1v) is 6.03. The Morgan fingerprint density at radius 1 is 1.38 bits per heavy atom. The van der Waals surface area contributed by atoms with Gasteiger partial charge in [-0.3, -0.25) is 0 Å². The molecule has 1 fully saturated rings. The molecule has 2 atom stereocenters. The number of ether oxygens (including phenoxy) is 1. The molecular weight excluding hydrogens is 200 g/mol. The molecule has 1 aromatic carbocycles. The maximum absolute atomic E-state index is 10.1. The zero-order chi connectivity index (χ0) is 11.6. The van der Waals surface area contributed by atoms with E-state index in [1.54, 1.807) is 7.11 Å². The van der Waals surface area contributed by atoms with Gasteiger partial charge in [-0.25, -0.2) is 0 Å². The van der Waals surface area contributed by atoms with Crippen LogP contribution >= 0.6 is 0 Å². The van der Waals surface area contributed by atoms with Crippen LogP contribution in [0.1, 0.15) is 31.7 Å². The maximum Gasteiger partial charge on any atom is 0.118 e. The molecule has 0 aromatic heterocycles. The van der Waals surface area contributed by atoms with E-state index in [0.717, 1.165) is 31.4 Å². The maximum atomic E-state index is 10.1. The summed E-state index contributed by atoms with van der Waals surface area (Å²) in [6, 6.07) is 8.10. The molecule has 1 N–H and O–H groups in total. The Morgan fingerprint density at radius 3 is 2.56 bits per heavy atom. The van der Waals surface area contributed by atoms with E-state index >= 15 is 0 Å². The zero-order valence-electron chi connectivity index (χ0n) is 10.1. The van der Waals surface area contributed by atoms with Crippen molar-refractivity contribution < 1.29 is 9.84 Å². The monoisotopic (exact) mass is 220 g/mol. The number of aliphatic hydroxyl groups is 1. The lowest BCUT2D eigenvalue weighted by Crippen LogP contribution is -2.12. The molecule has 0 bridgehead atoms. The van der Waals surface area contributed by atoms with Gasteiger partial charge in [0, 0.05) is 0 Å². The fourth-order valence-electron chi connectivity index (χ4n) is 2.35. The Labute approximate surface area is 97.3 Å². The van der Waals surface area contributed by atoms with Crippen molar-refractivity contribution in [2.75, 3.05) is 7.11 Å². The number of rotatable bonds is 5. The van der Waals surface area contributed by atoms with Crippen molar-refractivity contribution in [1.82, 2.24) is 0 Å². The van der Waals surface area contributed by atoms with Gasteiger partial charge in [0.15, 0.2) is 0 Å². The Morgan fingerprint density at radius 2 is 2.06 bits per heavy atom. The SMILES string of the molecule is CCC1CC1(O)CCc1ccc(OC)cc1. The van der Waals surface area contributed by atoms with Gasteiger partial charge in [-0.2, -0.15) is 0 Å². The van der Waals surface area contributed by atoms with E-state index in [4.69, 9.17) is 4.74 Å². The van der Waals surface area contributed by atoms with Crippen LogP contribution in [0.4, 0.5) is 0 Å². The predicted octanol–water partition coefficient (Wildman–Crippen LogP) is 2.79. The highest BCUT2D eigenvalue weighted by molar-refractivity contribution is 5.27. The molecule has 0 spiro atoms. The predicted molar refractivity (Wildman–Crippen MR) is 64.7 cm³/mol. The van der Waals surface area contributed by atoms with Gasteiger partial charge in [0.2, 0.25) is 0 Å². The van der Waals surface area contributed by atoms with Crippen LogP contribution in [0.15, 0.2) is 24.3 Å². The summed E-state index contributed by atoms with van der Waals surface area (Å²) < 4.78 is 5.11. The van der Waals surface area contributed by atoms with Crippen LogP contribution < -0.4 is 4.74 Å². The molecule has 0 radical (unpaired) electrons. The standard InChI is InChI=1S/C14H20O2/c1-3-12-10-14(12,15)9-8-11-4-6-13(16-2)7-5-11/h4-7,12,15H,3,8-10H2,1-2H3. The van der Waals surface area contributed by atoms with Gasteiger partial charge >= 0.3 is 0 Å². The van der Waals surface area contributed by atoms with Crippen LogP contribution in [0.3, 0.4) is 0 Å². The second-order valence-corrected chi connectivity index (χ2v) is 4.76. The first-order chi connectivity index (χ1) is 7.68. The number of hydrogen-bond acceptors (Lipinski definition) is 2. The average molecular weight is 220 g/mol.